The zero-order valence-electron chi connectivity index (χ0n) is 17.8. The minimum absolute atomic E-state index is 0.388. The van der Waals surface area contributed by atoms with Crippen LogP contribution >= 0.6 is 0 Å². The van der Waals surface area contributed by atoms with Crippen LogP contribution in [0.5, 0.6) is 0 Å². The van der Waals surface area contributed by atoms with E-state index in [1.165, 1.54) is 0 Å². The number of hydrogen-bond acceptors (Lipinski definition) is 7. The first-order valence-electron chi connectivity index (χ1n) is 11.3. The molecule has 0 saturated carbocycles. The highest BCUT2D eigenvalue weighted by Crippen LogP contribution is 2.25. The molecule has 2 N–H and O–H groups in total. The molecule has 6 rings (SSSR count). The van der Waals surface area contributed by atoms with Crippen molar-refractivity contribution in [3.05, 3.63) is 48.9 Å². The van der Waals surface area contributed by atoms with Crippen molar-refractivity contribution in [2.45, 2.75) is 31.3 Å². The lowest BCUT2D eigenvalue weighted by Gasteiger charge is -2.22. The van der Waals surface area contributed by atoms with Crippen LogP contribution < -0.4 is 10.6 Å². The summed E-state index contributed by atoms with van der Waals surface area (Å²) in [6.07, 6.45) is 8.89. The molecule has 9 heteroatoms. The average molecular weight is 431 g/mol. The molecule has 2 aliphatic rings. The van der Waals surface area contributed by atoms with Crippen LogP contribution in [0, 0.1) is 0 Å². The average Bonchev–Trinajstić information content (AvgIpc) is 3.60. The van der Waals surface area contributed by atoms with Gasteiger partial charge < -0.3 is 15.4 Å². The van der Waals surface area contributed by atoms with Crippen LogP contribution in [0.15, 0.2) is 48.9 Å². The third kappa shape index (κ3) is 3.74. The standard InChI is InChI=1S/C23H26N8O/c1-2-20(28-22(3-1)27-17-6-9-24-13-17)21-14-25-23-5-4-19(29-31(21)23)16-12-26-30(15-16)18-7-10-32-11-8-18/h1-5,12,14-15,17-18,24H,6-11,13H2,(H,27,28). The Balaban J connectivity index is 1.30. The first-order valence-corrected chi connectivity index (χ1v) is 11.3. The number of nitrogens with one attached hydrogen (secondary N) is 2. The van der Waals surface area contributed by atoms with Crippen molar-refractivity contribution < 1.29 is 4.74 Å². The Hall–Kier alpha value is -3.30. The smallest absolute Gasteiger partial charge is 0.154 e. The van der Waals surface area contributed by atoms with E-state index in [-0.39, 0.29) is 0 Å². The predicted molar refractivity (Wildman–Crippen MR) is 121 cm³/mol. The molecule has 0 spiro atoms. The van der Waals surface area contributed by atoms with Crippen molar-refractivity contribution in [3.8, 4) is 22.6 Å². The Bertz CT molecular complexity index is 1220. The number of ether oxygens (including phenoxy) is 1. The van der Waals surface area contributed by atoms with E-state index in [0.717, 1.165) is 79.7 Å². The molecule has 0 bridgehead atoms. The summed E-state index contributed by atoms with van der Waals surface area (Å²) >= 11 is 0. The van der Waals surface area contributed by atoms with Gasteiger partial charge in [-0.1, -0.05) is 6.07 Å². The number of nitrogens with zero attached hydrogens (tertiary/aromatic N) is 6. The van der Waals surface area contributed by atoms with Crippen LogP contribution in [0.25, 0.3) is 28.3 Å². The van der Waals surface area contributed by atoms with E-state index in [1.807, 2.05) is 51.9 Å². The molecule has 2 saturated heterocycles. The fraction of sp³-hybridized carbons (Fsp3) is 0.391. The summed E-state index contributed by atoms with van der Waals surface area (Å²) in [5, 5.41) is 16.4. The minimum Gasteiger partial charge on any atom is -0.381 e. The van der Waals surface area contributed by atoms with Gasteiger partial charge in [0, 0.05) is 37.6 Å². The van der Waals surface area contributed by atoms with Gasteiger partial charge in [0.2, 0.25) is 0 Å². The quantitative estimate of drug-likeness (QED) is 0.503. The van der Waals surface area contributed by atoms with Crippen LogP contribution in [-0.2, 0) is 4.74 Å². The molecular weight excluding hydrogens is 404 g/mol. The van der Waals surface area contributed by atoms with Crippen LogP contribution in [0.1, 0.15) is 25.3 Å². The largest absolute Gasteiger partial charge is 0.381 e. The highest BCUT2D eigenvalue weighted by molar-refractivity contribution is 5.64. The van der Waals surface area contributed by atoms with Gasteiger partial charge in [0.25, 0.3) is 0 Å². The molecule has 2 aliphatic heterocycles. The van der Waals surface area contributed by atoms with E-state index < -0.39 is 0 Å². The molecule has 6 heterocycles. The number of pyridine rings is 1. The number of hydrogen-bond donors (Lipinski definition) is 2. The van der Waals surface area contributed by atoms with Gasteiger partial charge in [-0.25, -0.2) is 14.5 Å². The Labute approximate surface area is 185 Å². The van der Waals surface area contributed by atoms with Crippen LogP contribution in [-0.4, -0.2) is 61.7 Å². The van der Waals surface area contributed by atoms with Crippen molar-refractivity contribution in [1.82, 2.24) is 34.7 Å². The molecule has 1 unspecified atom stereocenters. The van der Waals surface area contributed by atoms with Gasteiger partial charge in [0.05, 0.1) is 29.8 Å². The summed E-state index contributed by atoms with van der Waals surface area (Å²) in [7, 11) is 0. The van der Waals surface area contributed by atoms with Gasteiger partial charge in [-0.3, -0.25) is 4.68 Å². The fourth-order valence-electron chi connectivity index (χ4n) is 4.47. The number of rotatable bonds is 5. The lowest BCUT2D eigenvalue weighted by Crippen LogP contribution is -2.22. The van der Waals surface area contributed by atoms with Gasteiger partial charge in [-0.05, 0) is 50.1 Å². The summed E-state index contributed by atoms with van der Waals surface area (Å²) < 4.78 is 9.39. The van der Waals surface area contributed by atoms with Gasteiger partial charge in [0.1, 0.15) is 11.5 Å². The Morgan fingerprint density at radius 3 is 2.84 bits per heavy atom. The molecular formula is C23H26N8O. The first kappa shape index (κ1) is 19.4. The molecule has 1 atom stereocenters. The summed E-state index contributed by atoms with van der Waals surface area (Å²) in [5.41, 5.74) is 4.36. The van der Waals surface area contributed by atoms with Crippen LogP contribution in [0.4, 0.5) is 5.82 Å². The minimum atomic E-state index is 0.388. The molecule has 164 valence electrons. The van der Waals surface area contributed by atoms with Gasteiger partial charge in [-0.15, -0.1) is 0 Å². The second kappa shape index (κ2) is 8.33. The molecule has 32 heavy (non-hydrogen) atoms. The van der Waals surface area contributed by atoms with Crippen molar-refractivity contribution >= 4 is 11.5 Å². The van der Waals surface area contributed by atoms with Gasteiger partial charge >= 0.3 is 0 Å². The SMILES string of the molecule is c1cc(NC2CCNC2)nc(-c2cnc3ccc(-c4cnn(C5CCOCC5)c4)nn23)c1. The molecule has 0 aromatic carbocycles. The second-order valence-corrected chi connectivity index (χ2v) is 8.43. The first-order chi connectivity index (χ1) is 15.8. The van der Waals surface area contributed by atoms with E-state index in [9.17, 15) is 0 Å². The number of fused-ring (bicyclic) bond motifs is 1. The molecule has 2 fully saturated rings. The zero-order valence-corrected chi connectivity index (χ0v) is 17.8. The Kier molecular flexibility index (Phi) is 5.05. The van der Waals surface area contributed by atoms with Crippen molar-refractivity contribution in [2.75, 3.05) is 31.6 Å². The lowest BCUT2D eigenvalue weighted by molar-refractivity contribution is 0.0662. The van der Waals surface area contributed by atoms with E-state index in [2.05, 4.69) is 26.9 Å². The lowest BCUT2D eigenvalue weighted by atomic mass is 10.1. The maximum Gasteiger partial charge on any atom is 0.154 e. The summed E-state index contributed by atoms with van der Waals surface area (Å²) in [6.45, 7) is 3.59. The highest BCUT2D eigenvalue weighted by Gasteiger charge is 2.18. The summed E-state index contributed by atoms with van der Waals surface area (Å²) in [6, 6.07) is 10.8. The topological polar surface area (TPSA) is 94.2 Å². The molecule has 0 amide bonds. The van der Waals surface area contributed by atoms with Crippen LogP contribution in [0.2, 0.25) is 0 Å². The zero-order chi connectivity index (χ0) is 21.3. The highest BCUT2D eigenvalue weighted by atomic mass is 16.5. The normalized spacial score (nSPS) is 19.6. The molecule has 0 radical (unpaired) electrons. The maximum atomic E-state index is 5.48. The number of anilines is 1. The monoisotopic (exact) mass is 430 g/mol. The third-order valence-corrected chi connectivity index (χ3v) is 6.25. The summed E-state index contributed by atoms with van der Waals surface area (Å²) in [4.78, 5) is 9.37. The van der Waals surface area contributed by atoms with Crippen LogP contribution in [0.3, 0.4) is 0 Å². The fourth-order valence-corrected chi connectivity index (χ4v) is 4.47. The second-order valence-electron chi connectivity index (χ2n) is 8.43. The molecule has 4 aromatic heterocycles. The molecule has 0 aliphatic carbocycles. The number of aromatic nitrogens is 6. The number of imidazole rings is 1. The third-order valence-electron chi connectivity index (χ3n) is 6.25. The Morgan fingerprint density at radius 1 is 1.03 bits per heavy atom. The van der Waals surface area contributed by atoms with Crippen molar-refractivity contribution in [3.63, 3.8) is 0 Å². The van der Waals surface area contributed by atoms with E-state index >= 15 is 0 Å². The predicted octanol–water partition coefficient (Wildman–Crippen LogP) is 2.78. The van der Waals surface area contributed by atoms with Crippen molar-refractivity contribution in [2.24, 2.45) is 0 Å². The van der Waals surface area contributed by atoms with E-state index in [0.29, 0.717) is 12.1 Å². The van der Waals surface area contributed by atoms with Gasteiger partial charge in [-0.2, -0.15) is 10.2 Å². The van der Waals surface area contributed by atoms with Crippen molar-refractivity contribution in [1.29, 1.82) is 0 Å². The maximum absolute atomic E-state index is 5.48. The molecule has 4 aromatic rings. The van der Waals surface area contributed by atoms with E-state index in [4.69, 9.17) is 14.8 Å². The molecule has 9 nitrogen and oxygen atoms in total. The van der Waals surface area contributed by atoms with E-state index in [1.54, 1.807) is 0 Å². The summed E-state index contributed by atoms with van der Waals surface area (Å²) in [5.74, 6) is 0.875. The Morgan fingerprint density at radius 2 is 1.97 bits per heavy atom. The van der Waals surface area contributed by atoms with Gasteiger partial charge in [0.15, 0.2) is 5.65 Å².